The lowest BCUT2D eigenvalue weighted by atomic mass is 9.98. The Bertz CT molecular complexity index is 558. The first-order valence-corrected chi connectivity index (χ1v) is 6.45. The molecular formula is C15H14Cl2O. The van der Waals surface area contributed by atoms with E-state index in [1.54, 1.807) is 18.2 Å². The molecular weight excluding hydrogens is 267 g/mol. The highest BCUT2D eigenvalue weighted by Gasteiger charge is 2.17. The van der Waals surface area contributed by atoms with Crippen molar-refractivity contribution in [2.75, 3.05) is 0 Å². The molecule has 94 valence electrons. The van der Waals surface area contributed by atoms with Crippen LogP contribution in [-0.4, -0.2) is 5.11 Å². The minimum absolute atomic E-state index is 0.480. The van der Waals surface area contributed by atoms with Gasteiger partial charge in [-0.1, -0.05) is 47.5 Å². The Morgan fingerprint density at radius 2 is 1.56 bits per heavy atom. The van der Waals surface area contributed by atoms with E-state index in [2.05, 4.69) is 0 Å². The van der Waals surface area contributed by atoms with Gasteiger partial charge in [-0.15, -0.1) is 0 Å². The number of aliphatic hydroxyl groups is 1. The van der Waals surface area contributed by atoms with Crippen molar-refractivity contribution < 1.29 is 5.11 Å². The molecule has 0 amide bonds. The van der Waals surface area contributed by atoms with Crippen molar-refractivity contribution in [2.45, 2.75) is 20.0 Å². The maximum atomic E-state index is 10.4. The summed E-state index contributed by atoms with van der Waals surface area (Å²) in [4.78, 5) is 0. The van der Waals surface area contributed by atoms with Gasteiger partial charge in [-0.05, 0) is 42.7 Å². The highest BCUT2D eigenvalue weighted by atomic mass is 35.5. The molecule has 2 aromatic rings. The van der Waals surface area contributed by atoms with Crippen LogP contribution < -0.4 is 0 Å². The van der Waals surface area contributed by atoms with E-state index in [9.17, 15) is 5.11 Å². The summed E-state index contributed by atoms with van der Waals surface area (Å²) >= 11 is 12.2. The highest BCUT2D eigenvalue weighted by Crippen LogP contribution is 2.34. The second-order valence-electron chi connectivity index (χ2n) is 4.38. The third-order valence-corrected chi connectivity index (χ3v) is 3.78. The maximum Gasteiger partial charge on any atom is 0.107 e. The van der Waals surface area contributed by atoms with Gasteiger partial charge in [0.2, 0.25) is 0 Å². The molecule has 1 nitrogen and oxygen atoms in total. The van der Waals surface area contributed by atoms with Crippen molar-refractivity contribution in [3.63, 3.8) is 0 Å². The topological polar surface area (TPSA) is 20.2 Å². The van der Waals surface area contributed by atoms with E-state index >= 15 is 0 Å². The first-order chi connectivity index (χ1) is 8.50. The molecule has 0 bridgehead atoms. The first-order valence-electron chi connectivity index (χ1n) is 5.70. The van der Waals surface area contributed by atoms with Crippen molar-refractivity contribution in [1.29, 1.82) is 0 Å². The minimum atomic E-state index is -0.800. The summed E-state index contributed by atoms with van der Waals surface area (Å²) in [6.07, 6.45) is -0.800. The average molecular weight is 281 g/mol. The number of halogens is 2. The van der Waals surface area contributed by atoms with Crippen LogP contribution in [0.15, 0.2) is 36.4 Å². The number of aryl methyl sites for hydroxylation is 2. The predicted octanol–water partition coefficient (Wildman–Crippen LogP) is 4.69. The van der Waals surface area contributed by atoms with Gasteiger partial charge in [-0.3, -0.25) is 0 Å². The van der Waals surface area contributed by atoms with Crippen LogP contribution in [0.1, 0.15) is 28.4 Å². The number of benzene rings is 2. The zero-order valence-corrected chi connectivity index (χ0v) is 11.8. The SMILES string of the molecule is Cc1ccc(C(O)c2c(Cl)cccc2Cl)cc1C. The molecule has 0 fully saturated rings. The molecule has 2 rings (SSSR count). The monoisotopic (exact) mass is 280 g/mol. The van der Waals surface area contributed by atoms with Gasteiger partial charge in [-0.2, -0.15) is 0 Å². The fourth-order valence-electron chi connectivity index (χ4n) is 1.87. The Morgan fingerprint density at radius 1 is 0.944 bits per heavy atom. The molecule has 0 aliphatic carbocycles. The molecule has 0 aromatic heterocycles. The molecule has 2 aromatic carbocycles. The molecule has 0 spiro atoms. The molecule has 1 N–H and O–H groups in total. The summed E-state index contributed by atoms with van der Waals surface area (Å²) in [5.41, 5.74) is 3.68. The largest absolute Gasteiger partial charge is 0.384 e. The smallest absolute Gasteiger partial charge is 0.107 e. The van der Waals surface area contributed by atoms with Crippen LogP contribution in [-0.2, 0) is 0 Å². The normalized spacial score (nSPS) is 12.5. The fraction of sp³-hybridized carbons (Fsp3) is 0.200. The predicted molar refractivity (Wildman–Crippen MR) is 76.4 cm³/mol. The summed E-state index contributed by atoms with van der Waals surface area (Å²) in [6.45, 7) is 4.05. The summed E-state index contributed by atoms with van der Waals surface area (Å²) < 4.78 is 0. The molecule has 1 atom stereocenters. The Kier molecular flexibility index (Phi) is 3.96. The maximum absolute atomic E-state index is 10.4. The van der Waals surface area contributed by atoms with Crippen LogP contribution >= 0.6 is 23.2 Å². The van der Waals surface area contributed by atoms with Crippen molar-refractivity contribution in [3.8, 4) is 0 Å². The second-order valence-corrected chi connectivity index (χ2v) is 5.20. The molecule has 0 aliphatic rings. The van der Waals surface area contributed by atoms with Gasteiger partial charge in [0.1, 0.15) is 6.10 Å². The number of aliphatic hydroxyl groups excluding tert-OH is 1. The molecule has 3 heteroatoms. The van der Waals surface area contributed by atoms with Crippen molar-refractivity contribution in [3.05, 3.63) is 68.7 Å². The Hall–Kier alpha value is -1.02. The second kappa shape index (κ2) is 5.31. The molecule has 0 saturated carbocycles. The van der Waals surface area contributed by atoms with Gasteiger partial charge in [0.05, 0.1) is 0 Å². The minimum Gasteiger partial charge on any atom is -0.384 e. The van der Waals surface area contributed by atoms with Gasteiger partial charge in [0.15, 0.2) is 0 Å². The molecule has 0 radical (unpaired) electrons. The van der Waals surface area contributed by atoms with E-state index in [0.29, 0.717) is 15.6 Å². The van der Waals surface area contributed by atoms with Gasteiger partial charge in [-0.25, -0.2) is 0 Å². The molecule has 0 saturated heterocycles. The van der Waals surface area contributed by atoms with Crippen LogP contribution in [0.2, 0.25) is 10.0 Å². The Morgan fingerprint density at radius 3 is 2.11 bits per heavy atom. The molecule has 0 aliphatic heterocycles. The lowest BCUT2D eigenvalue weighted by Gasteiger charge is -2.16. The fourth-order valence-corrected chi connectivity index (χ4v) is 2.48. The van der Waals surface area contributed by atoms with Crippen LogP contribution in [0.3, 0.4) is 0 Å². The number of rotatable bonds is 2. The van der Waals surface area contributed by atoms with E-state index < -0.39 is 6.10 Å². The van der Waals surface area contributed by atoms with Crippen LogP contribution in [0, 0.1) is 13.8 Å². The number of hydrogen-bond acceptors (Lipinski definition) is 1. The van der Waals surface area contributed by atoms with Crippen molar-refractivity contribution in [2.24, 2.45) is 0 Å². The van der Waals surface area contributed by atoms with Crippen LogP contribution in [0.25, 0.3) is 0 Å². The van der Waals surface area contributed by atoms with E-state index in [4.69, 9.17) is 23.2 Å². The number of hydrogen-bond donors (Lipinski definition) is 1. The quantitative estimate of drug-likeness (QED) is 0.846. The average Bonchev–Trinajstić information content (AvgIpc) is 2.32. The standard InChI is InChI=1S/C15H14Cl2O/c1-9-6-7-11(8-10(9)2)15(18)14-12(16)4-3-5-13(14)17/h3-8,15,18H,1-2H3. The zero-order chi connectivity index (χ0) is 13.3. The highest BCUT2D eigenvalue weighted by molar-refractivity contribution is 6.36. The van der Waals surface area contributed by atoms with Crippen LogP contribution in [0.4, 0.5) is 0 Å². The van der Waals surface area contributed by atoms with Crippen molar-refractivity contribution >= 4 is 23.2 Å². The van der Waals surface area contributed by atoms with E-state index in [1.165, 1.54) is 5.56 Å². The summed E-state index contributed by atoms with van der Waals surface area (Å²) in [5.74, 6) is 0. The summed E-state index contributed by atoms with van der Waals surface area (Å²) in [5, 5.41) is 11.4. The first kappa shape index (κ1) is 13.4. The van der Waals surface area contributed by atoms with Crippen LogP contribution in [0.5, 0.6) is 0 Å². The Labute approximate surface area is 117 Å². The third-order valence-electron chi connectivity index (χ3n) is 3.12. The third kappa shape index (κ3) is 2.54. The molecule has 1 unspecified atom stereocenters. The van der Waals surface area contributed by atoms with Gasteiger partial charge in [0, 0.05) is 15.6 Å². The summed E-state index contributed by atoms with van der Waals surface area (Å²) in [7, 11) is 0. The summed E-state index contributed by atoms with van der Waals surface area (Å²) in [6, 6.07) is 11.1. The van der Waals surface area contributed by atoms with Gasteiger partial charge >= 0.3 is 0 Å². The van der Waals surface area contributed by atoms with E-state index in [0.717, 1.165) is 11.1 Å². The van der Waals surface area contributed by atoms with E-state index in [-0.39, 0.29) is 0 Å². The van der Waals surface area contributed by atoms with Gasteiger partial charge in [0.25, 0.3) is 0 Å². The molecule has 18 heavy (non-hydrogen) atoms. The lowest BCUT2D eigenvalue weighted by molar-refractivity contribution is 0.220. The lowest BCUT2D eigenvalue weighted by Crippen LogP contribution is -2.02. The van der Waals surface area contributed by atoms with Gasteiger partial charge < -0.3 is 5.11 Å². The Balaban J connectivity index is 2.48. The van der Waals surface area contributed by atoms with Crippen molar-refractivity contribution in [1.82, 2.24) is 0 Å². The molecule has 0 heterocycles. The zero-order valence-electron chi connectivity index (χ0n) is 10.2. The van der Waals surface area contributed by atoms with E-state index in [1.807, 2.05) is 32.0 Å².